The van der Waals surface area contributed by atoms with Gasteiger partial charge in [0.2, 0.25) is 15.9 Å². The smallest absolute Gasteiger partial charge is 0.241 e. The van der Waals surface area contributed by atoms with E-state index in [2.05, 4.69) is 10.0 Å². The van der Waals surface area contributed by atoms with Gasteiger partial charge in [-0.15, -0.1) is 0 Å². The van der Waals surface area contributed by atoms with E-state index in [9.17, 15) is 17.6 Å². The molecule has 8 heteroatoms. The Morgan fingerprint density at radius 3 is 2.42 bits per heavy atom. The zero-order chi connectivity index (χ0) is 17.7. The summed E-state index contributed by atoms with van der Waals surface area (Å²) in [6.07, 6.45) is 0. The number of hydrogen-bond acceptors (Lipinski definition) is 3. The predicted molar refractivity (Wildman–Crippen MR) is 89.5 cm³/mol. The molecular weight excluding hydrogens is 355 g/mol. The zero-order valence-electron chi connectivity index (χ0n) is 12.8. The van der Waals surface area contributed by atoms with Gasteiger partial charge in [0.15, 0.2) is 0 Å². The first-order valence-electron chi connectivity index (χ1n) is 7.08. The Hall–Kier alpha value is -1.96. The van der Waals surface area contributed by atoms with Gasteiger partial charge >= 0.3 is 0 Å². The number of carbonyl (C=O) groups excluding carboxylic acids is 1. The molecule has 0 radical (unpaired) electrons. The van der Waals surface area contributed by atoms with Crippen LogP contribution in [-0.2, 0) is 21.4 Å². The molecule has 1 atom stereocenters. The number of amides is 1. The number of halogens is 2. The highest BCUT2D eigenvalue weighted by Gasteiger charge is 2.22. The van der Waals surface area contributed by atoms with Gasteiger partial charge in [0, 0.05) is 11.6 Å². The zero-order valence-corrected chi connectivity index (χ0v) is 14.4. The molecule has 0 fully saturated rings. The first-order valence-corrected chi connectivity index (χ1v) is 8.95. The van der Waals surface area contributed by atoms with E-state index < -0.39 is 27.8 Å². The van der Waals surface area contributed by atoms with Crippen LogP contribution in [0.2, 0.25) is 5.02 Å². The Labute approximate surface area is 144 Å². The molecule has 0 aliphatic heterocycles. The Morgan fingerprint density at radius 1 is 1.17 bits per heavy atom. The van der Waals surface area contributed by atoms with Crippen LogP contribution < -0.4 is 10.0 Å². The Morgan fingerprint density at radius 2 is 1.79 bits per heavy atom. The number of rotatable bonds is 6. The maximum atomic E-state index is 12.9. The molecule has 1 amide bonds. The van der Waals surface area contributed by atoms with Gasteiger partial charge in [-0.3, -0.25) is 4.79 Å². The van der Waals surface area contributed by atoms with Crippen molar-refractivity contribution in [3.8, 4) is 0 Å². The number of hydrogen-bond donors (Lipinski definition) is 2. The molecule has 24 heavy (non-hydrogen) atoms. The lowest BCUT2D eigenvalue weighted by Gasteiger charge is -2.15. The summed E-state index contributed by atoms with van der Waals surface area (Å²) in [7, 11) is -3.92. The first kappa shape index (κ1) is 18.4. The topological polar surface area (TPSA) is 75.3 Å². The average Bonchev–Trinajstić information content (AvgIpc) is 2.53. The molecule has 0 heterocycles. The first-order chi connectivity index (χ1) is 11.3. The van der Waals surface area contributed by atoms with Crippen molar-refractivity contribution in [2.75, 3.05) is 0 Å². The lowest BCUT2D eigenvalue weighted by Crippen LogP contribution is -2.44. The van der Waals surface area contributed by atoms with E-state index in [1.165, 1.54) is 6.92 Å². The second-order valence-electron chi connectivity index (χ2n) is 5.11. The van der Waals surface area contributed by atoms with E-state index in [1.807, 2.05) is 0 Å². The SMILES string of the molecule is C[C@H](NS(=O)(=O)c1ccc(F)cc1)C(=O)NCc1ccccc1Cl. The van der Waals surface area contributed by atoms with Crippen molar-refractivity contribution in [2.45, 2.75) is 24.4 Å². The van der Waals surface area contributed by atoms with Crippen LogP contribution in [0.25, 0.3) is 0 Å². The van der Waals surface area contributed by atoms with Crippen LogP contribution in [0.5, 0.6) is 0 Å². The maximum Gasteiger partial charge on any atom is 0.241 e. The normalized spacial score (nSPS) is 12.6. The third-order valence-corrected chi connectivity index (χ3v) is 5.19. The molecule has 0 spiro atoms. The third kappa shape index (κ3) is 4.77. The lowest BCUT2D eigenvalue weighted by atomic mass is 10.2. The maximum absolute atomic E-state index is 12.9. The van der Waals surface area contributed by atoms with Crippen molar-refractivity contribution in [3.63, 3.8) is 0 Å². The minimum absolute atomic E-state index is 0.116. The van der Waals surface area contributed by atoms with Crippen LogP contribution in [-0.4, -0.2) is 20.4 Å². The van der Waals surface area contributed by atoms with Crippen LogP contribution in [0.1, 0.15) is 12.5 Å². The van der Waals surface area contributed by atoms with Gasteiger partial charge in [0.25, 0.3) is 0 Å². The van der Waals surface area contributed by atoms with Crippen LogP contribution >= 0.6 is 11.6 Å². The lowest BCUT2D eigenvalue weighted by molar-refractivity contribution is -0.122. The quantitative estimate of drug-likeness (QED) is 0.820. The summed E-state index contributed by atoms with van der Waals surface area (Å²) in [6.45, 7) is 1.60. The predicted octanol–water partition coefficient (Wildman–Crippen LogP) is 2.46. The van der Waals surface area contributed by atoms with Crippen molar-refractivity contribution in [2.24, 2.45) is 0 Å². The van der Waals surface area contributed by atoms with E-state index >= 15 is 0 Å². The molecule has 2 aromatic rings. The highest BCUT2D eigenvalue weighted by atomic mass is 35.5. The standard InChI is InChI=1S/C16H16ClFN2O3S/c1-11(16(21)19-10-12-4-2-3-5-15(12)17)20-24(22,23)14-8-6-13(18)7-9-14/h2-9,11,20H,10H2,1H3,(H,19,21)/t11-/m0/s1. The van der Waals surface area contributed by atoms with Crippen LogP contribution in [0, 0.1) is 5.82 Å². The van der Waals surface area contributed by atoms with Gasteiger partial charge < -0.3 is 5.32 Å². The fraction of sp³-hybridized carbons (Fsp3) is 0.188. The van der Waals surface area contributed by atoms with Crippen molar-refractivity contribution in [1.29, 1.82) is 0 Å². The molecule has 2 aromatic carbocycles. The average molecular weight is 371 g/mol. The van der Waals surface area contributed by atoms with Gasteiger partial charge in [0.05, 0.1) is 10.9 Å². The summed E-state index contributed by atoms with van der Waals surface area (Å²) < 4.78 is 39.4. The molecule has 2 rings (SSSR count). The van der Waals surface area contributed by atoms with Gasteiger partial charge in [-0.1, -0.05) is 29.8 Å². The van der Waals surface area contributed by atoms with Gasteiger partial charge in [-0.05, 0) is 42.8 Å². The minimum Gasteiger partial charge on any atom is -0.351 e. The van der Waals surface area contributed by atoms with E-state index in [0.29, 0.717) is 5.02 Å². The number of nitrogens with one attached hydrogen (secondary N) is 2. The van der Waals surface area contributed by atoms with Crippen LogP contribution in [0.4, 0.5) is 4.39 Å². The molecule has 2 N–H and O–H groups in total. The van der Waals surface area contributed by atoms with Crippen LogP contribution in [0.15, 0.2) is 53.4 Å². The molecular formula is C16H16ClFN2O3S. The van der Waals surface area contributed by atoms with Crippen molar-refractivity contribution in [3.05, 3.63) is 64.9 Å². The molecule has 0 aliphatic carbocycles. The second-order valence-corrected chi connectivity index (χ2v) is 7.23. The number of benzene rings is 2. The summed E-state index contributed by atoms with van der Waals surface area (Å²) in [4.78, 5) is 11.9. The van der Waals surface area contributed by atoms with E-state index in [4.69, 9.17) is 11.6 Å². The van der Waals surface area contributed by atoms with E-state index in [-0.39, 0.29) is 11.4 Å². The largest absolute Gasteiger partial charge is 0.351 e. The monoisotopic (exact) mass is 370 g/mol. The molecule has 5 nitrogen and oxygen atoms in total. The summed E-state index contributed by atoms with van der Waals surface area (Å²) in [5.41, 5.74) is 0.723. The van der Waals surface area contributed by atoms with Crippen LogP contribution in [0.3, 0.4) is 0 Å². The molecule has 0 saturated carbocycles. The summed E-state index contributed by atoms with van der Waals surface area (Å²) in [5.74, 6) is -1.04. The van der Waals surface area contributed by atoms with Gasteiger partial charge in [-0.25, -0.2) is 12.8 Å². The van der Waals surface area contributed by atoms with Gasteiger partial charge in [0.1, 0.15) is 5.82 Å². The van der Waals surface area contributed by atoms with E-state index in [0.717, 1.165) is 29.8 Å². The summed E-state index contributed by atoms with van der Waals surface area (Å²) >= 11 is 5.99. The third-order valence-electron chi connectivity index (χ3n) is 3.26. The Kier molecular flexibility index (Phi) is 5.93. The Bertz CT molecular complexity index is 825. The minimum atomic E-state index is -3.92. The Balaban J connectivity index is 1.98. The van der Waals surface area contributed by atoms with Crippen molar-refractivity contribution in [1.82, 2.24) is 10.0 Å². The number of sulfonamides is 1. The molecule has 0 bridgehead atoms. The van der Waals surface area contributed by atoms with E-state index in [1.54, 1.807) is 24.3 Å². The highest BCUT2D eigenvalue weighted by molar-refractivity contribution is 7.89. The number of carbonyl (C=O) groups is 1. The van der Waals surface area contributed by atoms with Crippen molar-refractivity contribution < 1.29 is 17.6 Å². The fourth-order valence-electron chi connectivity index (χ4n) is 1.95. The molecule has 0 aliphatic rings. The van der Waals surface area contributed by atoms with Gasteiger partial charge in [-0.2, -0.15) is 4.72 Å². The fourth-order valence-corrected chi connectivity index (χ4v) is 3.35. The molecule has 0 saturated heterocycles. The summed E-state index contributed by atoms with van der Waals surface area (Å²) in [5, 5.41) is 3.12. The molecule has 128 valence electrons. The second kappa shape index (κ2) is 7.74. The molecule has 0 aromatic heterocycles. The highest BCUT2D eigenvalue weighted by Crippen LogP contribution is 2.14. The molecule has 0 unspecified atom stereocenters. The van der Waals surface area contributed by atoms with Crippen molar-refractivity contribution >= 4 is 27.5 Å². The summed E-state index contributed by atoms with van der Waals surface area (Å²) in [6, 6.07) is 10.4.